The summed E-state index contributed by atoms with van der Waals surface area (Å²) in [6, 6.07) is 1.96. The van der Waals surface area contributed by atoms with E-state index in [1.54, 1.807) is 13.8 Å². The molecule has 1 heterocycles. The first kappa shape index (κ1) is 31.9. The van der Waals surface area contributed by atoms with Gasteiger partial charge in [-0.05, 0) is 67.3 Å². The fraction of sp³-hybridized carbons (Fsp3) is 0.462. The van der Waals surface area contributed by atoms with Gasteiger partial charge in [0.25, 0.3) is 0 Å². The van der Waals surface area contributed by atoms with Crippen LogP contribution in [0.4, 0.5) is 54.8 Å². The van der Waals surface area contributed by atoms with Crippen molar-refractivity contribution in [2.24, 2.45) is 0 Å². The zero-order valence-corrected chi connectivity index (χ0v) is 21.6. The molecule has 0 spiro atoms. The van der Waals surface area contributed by atoms with Crippen LogP contribution >= 0.6 is 0 Å². The van der Waals surface area contributed by atoms with E-state index in [0.29, 0.717) is 18.6 Å². The second kappa shape index (κ2) is 12.1. The van der Waals surface area contributed by atoms with Crippen molar-refractivity contribution >= 4 is 17.9 Å². The van der Waals surface area contributed by atoms with Crippen LogP contribution < -0.4 is 10.2 Å². The topological polar surface area (TPSA) is 67.9 Å². The number of ether oxygens (including phenoxy) is 2. The largest absolute Gasteiger partial charge is 0.449 e. The lowest BCUT2D eigenvalue weighted by atomic mass is 9.89. The number of hydrogen-bond donors (Lipinski definition) is 1. The quantitative estimate of drug-likeness (QED) is 0.343. The molecule has 0 saturated heterocycles. The van der Waals surface area contributed by atoms with E-state index in [0.717, 1.165) is 18.2 Å². The molecule has 0 saturated carbocycles. The minimum Gasteiger partial charge on any atom is -0.449 e. The molecule has 226 valence electrons. The van der Waals surface area contributed by atoms with E-state index < -0.39 is 78.1 Å². The molecule has 0 bridgehead atoms. The van der Waals surface area contributed by atoms with Gasteiger partial charge < -0.3 is 14.8 Å². The number of benzene rings is 2. The van der Waals surface area contributed by atoms with Crippen molar-refractivity contribution in [1.29, 1.82) is 0 Å². The van der Waals surface area contributed by atoms with Gasteiger partial charge in [-0.2, -0.15) is 39.5 Å². The maximum Gasteiger partial charge on any atom is 0.416 e. The second-order valence-corrected chi connectivity index (χ2v) is 9.14. The van der Waals surface area contributed by atoms with Gasteiger partial charge in [0.1, 0.15) is 0 Å². The highest BCUT2D eigenvalue weighted by Gasteiger charge is 2.40. The average molecular weight is 600 g/mol. The number of halogens is 9. The molecule has 1 aliphatic rings. The Morgan fingerprint density at radius 2 is 1.44 bits per heavy atom. The Labute approximate surface area is 228 Å². The van der Waals surface area contributed by atoms with E-state index in [1.807, 2.05) is 0 Å². The summed E-state index contributed by atoms with van der Waals surface area (Å²) in [5.74, 6) is 0. The monoisotopic (exact) mass is 600 g/mol. The van der Waals surface area contributed by atoms with Gasteiger partial charge >= 0.3 is 30.7 Å². The van der Waals surface area contributed by atoms with Crippen LogP contribution in [0.25, 0.3) is 0 Å². The number of anilines is 1. The lowest BCUT2D eigenvalue weighted by molar-refractivity contribution is -0.143. The summed E-state index contributed by atoms with van der Waals surface area (Å²) in [5.41, 5.74) is -4.47. The van der Waals surface area contributed by atoms with Gasteiger partial charge in [0, 0.05) is 12.5 Å². The third kappa shape index (κ3) is 7.76. The van der Waals surface area contributed by atoms with E-state index in [1.165, 1.54) is 4.90 Å². The number of alkyl carbamates (subject to hydrolysis) is 1. The molecule has 15 heteroatoms. The standard InChI is InChI=1S/C26H25F9N2O4/c1-3-18-13-20(19-12-15(24(27,28)29)5-6-21(19)37(18)23(39)40-4-2)36-22(38)41-8-7-14-9-16(25(30,31)32)11-17(10-14)26(33,34)35/h5-6,9-12,18,20H,3-4,7-8,13H2,1-2H3,(H,36,38). The zero-order chi connectivity index (χ0) is 30.8. The predicted octanol–water partition coefficient (Wildman–Crippen LogP) is 7.90. The van der Waals surface area contributed by atoms with Crippen molar-refractivity contribution < 1.29 is 58.6 Å². The van der Waals surface area contributed by atoms with Gasteiger partial charge in [-0.25, -0.2) is 9.59 Å². The van der Waals surface area contributed by atoms with Gasteiger partial charge in [0.2, 0.25) is 0 Å². The van der Waals surface area contributed by atoms with Crippen molar-refractivity contribution in [2.45, 2.75) is 63.7 Å². The Morgan fingerprint density at radius 3 is 1.95 bits per heavy atom. The van der Waals surface area contributed by atoms with Gasteiger partial charge in [-0.1, -0.05) is 6.92 Å². The van der Waals surface area contributed by atoms with E-state index >= 15 is 0 Å². The first-order chi connectivity index (χ1) is 19.0. The van der Waals surface area contributed by atoms with Crippen LogP contribution in [0.2, 0.25) is 0 Å². The second-order valence-electron chi connectivity index (χ2n) is 9.14. The number of fused-ring (bicyclic) bond motifs is 1. The highest BCUT2D eigenvalue weighted by Crippen LogP contribution is 2.42. The number of nitrogens with one attached hydrogen (secondary N) is 1. The summed E-state index contributed by atoms with van der Waals surface area (Å²) in [5, 5.41) is 2.40. The zero-order valence-electron chi connectivity index (χ0n) is 21.6. The number of carbonyl (C=O) groups excluding carboxylic acids is 2. The van der Waals surface area contributed by atoms with Crippen LogP contribution in [-0.2, 0) is 34.4 Å². The Morgan fingerprint density at radius 1 is 0.854 bits per heavy atom. The Balaban J connectivity index is 1.81. The van der Waals surface area contributed by atoms with Gasteiger partial charge in [0.15, 0.2) is 0 Å². The summed E-state index contributed by atoms with van der Waals surface area (Å²) < 4.78 is 129. The molecule has 2 atom stereocenters. The fourth-order valence-corrected chi connectivity index (χ4v) is 4.47. The summed E-state index contributed by atoms with van der Waals surface area (Å²) in [6.45, 7) is 2.65. The lowest BCUT2D eigenvalue weighted by Gasteiger charge is -2.40. The number of nitrogens with zero attached hydrogens (tertiary/aromatic N) is 1. The van der Waals surface area contributed by atoms with Gasteiger partial charge in [-0.15, -0.1) is 0 Å². The molecule has 3 rings (SSSR count). The van der Waals surface area contributed by atoms with Gasteiger partial charge in [0.05, 0.1) is 41.6 Å². The molecular weight excluding hydrogens is 575 g/mol. The van der Waals surface area contributed by atoms with Crippen molar-refractivity contribution in [3.05, 3.63) is 64.2 Å². The highest BCUT2D eigenvalue weighted by molar-refractivity contribution is 5.90. The fourth-order valence-electron chi connectivity index (χ4n) is 4.47. The molecule has 1 N–H and O–H groups in total. The van der Waals surface area contributed by atoms with Crippen LogP contribution in [0.3, 0.4) is 0 Å². The summed E-state index contributed by atoms with van der Waals surface area (Å²) in [4.78, 5) is 26.4. The lowest BCUT2D eigenvalue weighted by Crippen LogP contribution is -2.48. The minimum absolute atomic E-state index is 0.00603. The van der Waals surface area contributed by atoms with Crippen LogP contribution in [0.15, 0.2) is 36.4 Å². The molecular formula is C26H25F9N2O4. The van der Waals surface area contributed by atoms with Crippen LogP contribution in [-0.4, -0.2) is 31.4 Å². The van der Waals surface area contributed by atoms with E-state index in [-0.39, 0.29) is 30.3 Å². The first-order valence-electron chi connectivity index (χ1n) is 12.3. The van der Waals surface area contributed by atoms with E-state index in [2.05, 4.69) is 5.32 Å². The first-order valence-corrected chi connectivity index (χ1v) is 12.3. The number of hydrogen-bond acceptors (Lipinski definition) is 4. The molecule has 0 aliphatic carbocycles. The molecule has 2 amide bonds. The van der Waals surface area contributed by atoms with Crippen LogP contribution in [0.5, 0.6) is 0 Å². The van der Waals surface area contributed by atoms with Crippen molar-refractivity contribution in [3.63, 3.8) is 0 Å². The van der Waals surface area contributed by atoms with Crippen LogP contribution in [0.1, 0.15) is 60.5 Å². The maximum atomic E-state index is 13.4. The summed E-state index contributed by atoms with van der Waals surface area (Å²) in [6.07, 6.45) is -17.0. The molecule has 6 nitrogen and oxygen atoms in total. The van der Waals surface area contributed by atoms with E-state index in [4.69, 9.17) is 9.47 Å². The minimum atomic E-state index is -5.05. The molecule has 0 radical (unpaired) electrons. The third-order valence-corrected chi connectivity index (χ3v) is 6.36. The maximum absolute atomic E-state index is 13.4. The van der Waals surface area contributed by atoms with Crippen molar-refractivity contribution in [3.8, 4) is 0 Å². The van der Waals surface area contributed by atoms with Crippen molar-refractivity contribution in [2.75, 3.05) is 18.1 Å². The number of alkyl halides is 9. The number of rotatable bonds is 6. The molecule has 0 aromatic heterocycles. The Hall–Kier alpha value is -3.65. The third-order valence-electron chi connectivity index (χ3n) is 6.36. The number of carbonyl (C=O) groups is 2. The SMILES string of the molecule is CCOC(=O)N1c2ccc(C(F)(F)F)cc2C(NC(=O)OCCc2cc(C(F)(F)F)cc(C(F)(F)F)c2)CC1CC. The Kier molecular flexibility index (Phi) is 9.38. The normalized spacial score (nSPS) is 17.6. The molecule has 2 aromatic rings. The predicted molar refractivity (Wildman–Crippen MR) is 127 cm³/mol. The Bertz CT molecular complexity index is 1230. The van der Waals surface area contributed by atoms with Gasteiger partial charge in [-0.3, -0.25) is 4.90 Å². The smallest absolute Gasteiger partial charge is 0.416 e. The summed E-state index contributed by atoms with van der Waals surface area (Å²) in [7, 11) is 0. The highest BCUT2D eigenvalue weighted by atomic mass is 19.4. The molecule has 0 fully saturated rings. The average Bonchev–Trinajstić information content (AvgIpc) is 2.86. The molecule has 1 aliphatic heterocycles. The molecule has 2 aromatic carbocycles. The van der Waals surface area contributed by atoms with Crippen LogP contribution in [0, 0.1) is 0 Å². The van der Waals surface area contributed by atoms with E-state index in [9.17, 15) is 49.1 Å². The molecule has 2 unspecified atom stereocenters. The number of amides is 2. The summed E-state index contributed by atoms with van der Waals surface area (Å²) >= 11 is 0. The molecule has 41 heavy (non-hydrogen) atoms. The van der Waals surface area contributed by atoms with Crippen molar-refractivity contribution in [1.82, 2.24) is 5.32 Å².